The van der Waals surface area contributed by atoms with Gasteiger partial charge < -0.3 is 5.32 Å². The number of nitrogens with zero attached hydrogens (tertiary/aromatic N) is 2. The minimum atomic E-state index is 0.636. The van der Waals surface area contributed by atoms with Gasteiger partial charge in [-0.3, -0.25) is 9.88 Å². The summed E-state index contributed by atoms with van der Waals surface area (Å²) >= 11 is 0. The molecule has 1 aromatic heterocycles. The number of aromatic nitrogens is 1. The maximum absolute atomic E-state index is 5.13. The molecule has 0 spiro atoms. The molecule has 15 heavy (non-hydrogen) atoms. The Balaban J connectivity index is 2.19. The Bertz CT molecular complexity index is 302. The first-order valence-corrected chi connectivity index (χ1v) is 5.05. The number of terminal acetylenes is 1. The van der Waals surface area contributed by atoms with E-state index in [1.54, 1.807) is 0 Å². The molecule has 1 heterocycles. The standard InChI is InChI=1S/C12H17N3/c1-3-7-13-9-10-15(2)11-12-6-4-5-8-14-12/h1,4-6,8,13H,7,9-11H2,2H3. The topological polar surface area (TPSA) is 28.2 Å². The van der Waals surface area contributed by atoms with E-state index in [-0.39, 0.29) is 0 Å². The minimum Gasteiger partial charge on any atom is -0.305 e. The van der Waals surface area contributed by atoms with Crippen LogP contribution in [0, 0.1) is 12.3 Å². The van der Waals surface area contributed by atoms with Crippen molar-refractivity contribution < 1.29 is 0 Å². The van der Waals surface area contributed by atoms with Crippen LogP contribution in [-0.2, 0) is 6.54 Å². The van der Waals surface area contributed by atoms with Crippen molar-refractivity contribution in [3.8, 4) is 12.3 Å². The van der Waals surface area contributed by atoms with Gasteiger partial charge in [-0.1, -0.05) is 12.0 Å². The van der Waals surface area contributed by atoms with Gasteiger partial charge in [0.2, 0.25) is 0 Å². The number of pyridine rings is 1. The van der Waals surface area contributed by atoms with E-state index in [9.17, 15) is 0 Å². The maximum Gasteiger partial charge on any atom is 0.0574 e. The summed E-state index contributed by atoms with van der Waals surface area (Å²) in [5.41, 5.74) is 1.09. The Hall–Kier alpha value is -1.37. The molecule has 0 aliphatic rings. The van der Waals surface area contributed by atoms with Crippen LogP contribution in [0.15, 0.2) is 24.4 Å². The average molecular weight is 203 g/mol. The van der Waals surface area contributed by atoms with Crippen molar-refractivity contribution in [3.05, 3.63) is 30.1 Å². The van der Waals surface area contributed by atoms with Crippen molar-refractivity contribution in [3.63, 3.8) is 0 Å². The molecule has 0 aromatic carbocycles. The van der Waals surface area contributed by atoms with E-state index >= 15 is 0 Å². The third-order valence-electron chi connectivity index (χ3n) is 2.06. The molecule has 0 unspecified atom stereocenters. The molecule has 80 valence electrons. The summed E-state index contributed by atoms with van der Waals surface area (Å²) in [6.45, 7) is 3.39. The lowest BCUT2D eigenvalue weighted by molar-refractivity contribution is 0.323. The smallest absolute Gasteiger partial charge is 0.0574 e. The lowest BCUT2D eigenvalue weighted by Crippen LogP contribution is -2.29. The van der Waals surface area contributed by atoms with Gasteiger partial charge >= 0.3 is 0 Å². The van der Waals surface area contributed by atoms with Crippen LogP contribution in [0.25, 0.3) is 0 Å². The van der Waals surface area contributed by atoms with Crippen LogP contribution in [0.5, 0.6) is 0 Å². The Morgan fingerprint density at radius 3 is 3.07 bits per heavy atom. The first-order chi connectivity index (χ1) is 7.33. The highest BCUT2D eigenvalue weighted by Gasteiger charge is 1.99. The van der Waals surface area contributed by atoms with E-state index in [4.69, 9.17) is 6.42 Å². The van der Waals surface area contributed by atoms with Crippen LogP contribution in [0.4, 0.5) is 0 Å². The number of likely N-dealkylation sites (N-methyl/N-ethyl adjacent to an activating group) is 1. The normalized spacial score (nSPS) is 10.2. The van der Waals surface area contributed by atoms with Gasteiger partial charge in [-0.2, -0.15) is 0 Å². The van der Waals surface area contributed by atoms with Crippen LogP contribution < -0.4 is 5.32 Å². The van der Waals surface area contributed by atoms with Crippen LogP contribution >= 0.6 is 0 Å². The molecular formula is C12H17N3. The summed E-state index contributed by atoms with van der Waals surface area (Å²) in [6.07, 6.45) is 6.95. The predicted molar refractivity (Wildman–Crippen MR) is 62.3 cm³/mol. The summed E-state index contributed by atoms with van der Waals surface area (Å²) in [6, 6.07) is 5.97. The third-order valence-corrected chi connectivity index (χ3v) is 2.06. The molecule has 1 rings (SSSR count). The maximum atomic E-state index is 5.13. The molecule has 3 nitrogen and oxygen atoms in total. The van der Waals surface area contributed by atoms with Crippen molar-refractivity contribution >= 4 is 0 Å². The van der Waals surface area contributed by atoms with Gasteiger partial charge in [-0.15, -0.1) is 6.42 Å². The molecule has 0 saturated heterocycles. The van der Waals surface area contributed by atoms with Gasteiger partial charge in [0.25, 0.3) is 0 Å². The summed E-state index contributed by atoms with van der Waals surface area (Å²) in [7, 11) is 2.08. The second-order valence-corrected chi connectivity index (χ2v) is 3.44. The second-order valence-electron chi connectivity index (χ2n) is 3.44. The van der Waals surface area contributed by atoms with E-state index in [0.717, 1.165) is 25.3 Å². The van der Waals surface area contributed by atoms with Gasteiger partial charge in [0.05, 0.1) is 12.2 Å². The average Bonchev–Trinajstić information content (AvgIpc) is 2.26. The molecule has 0 amide bonds. The van der Waals surface area contributed by atoms with Gasteiger partial charge in [-0.25, -0.2) is 0 Å². The summed E-state index contributed by atoms with van der Waals surface area (Å²) < 4.78 is 0. The van der Waals surface area contributed by atoms with Gasteiger partial charge in [0, 0.05) is 25.8 Å². The van der Waals surface area contributed by atoms with Crippen molar-refractivity contribution in [2.24, 2.45) is 0 Å². The van der Waals surface area contributed by atoms with Gasteiger partial charge in [0.15, 0.2) is 0 Å². The van der Waals surface area contributed by atoms with Crippen molar-refractivity contribution in [2.75, 3.05) is 26.7 Å². The molecule has 0 bridgehead atoms. The monoisotopic (exact) mass is 203 g/mol. The summed E-state index contributed by atoms with van der Waals surface area (Å²) in [4.78, 5) is 6.48. The SMILES string of the molecule is C#CCNCCN(C)Cc1ccccn1. The molecule has 1 N–H and O–H groups in total. The van der Waals surface area contributed by atoms with Crippen LogP contribution in [0.1, 0.15) is 5.69 Å². The lowest BCUT2D eigenvalue weighted by Gasteiger charge is -2.15. The Morgan fingerprint density at radius 2 is 2.40 bits per heavy atom. The van der Waals surface area contributed by atoms with Crippen LogP contribution in [0.3, 0.4) is 0 Å². The van der Waals surface area contributed by atoms with E-state index < -0.39 is 0 Å². The number of rotatable bonds is 6. The summed E-state index contributed by atoms with van der Waals surface area (Å²) in [5.74, 6) is 2.55. The Kier molecular flexibility index (Phi) is 5.46. The van der Waals surface area contributed by atoms with Crippen molar-refractivity contribution in [1.29, 1.82) is 0 Å². The molecule has 0 saturated carbocycles. The van der Waals surface area contributed by atoms with Crippen molar-refractivity contribution in [2.45, 2.75) is 6.54 Å². The third kappa shape index (κ3) is 5.16. The van der Waals surface area contributed by atoms with Gasteiger partial charge in [0.1, 0.15) is 0 Å². The minimum absolute atomic E-state index is 0.636. The fourth-order valence-electron chi connectivity index (χ4n) is 1.28. The van der Waals surface area contributed by atoms with E-state index in [0.29, 0.717) is 6.54 Å². The second kappa shape index (κ2) is 6.99. The first kappa shape index (κ1) is 11.7. The molecule has 0 fully saturated rings. The highest BCUT2D eigenvalue weighted by atomic mass is 15.1. The fourth-order valence-corrected chi connectivity index (χ4v) is 1.28. The van der Waals surface area contributed by atoms with Crippen LogP contribution in [0.2, 0.25) is 0 Å². The zero-order valence-corrected chi connectivity index (χ0v) is 9.11. The predicted octanol–water partition coefficient (Wildman–Crippen LogP) is 0.736. The molecular weight excluding hydrogens is 186 g/mol. The Morgan fingerprint density at radius 1 is 1.53 bits per heavy atom. The number of hydrogen-bond donors (Lipinski definition) is 1. The first-order valence-electron chi connectivity index (χ1n) is 5.05. The highest BCUT2D eigenvalue weighted by molar-refractivity contribution is 5.02. The number of hydrogen-bond acceptors (Lipinski definition) is 3. The van der Waals surface area contributed by atoms with E-state index in [1.165, 1.54) is 0 Å². The zero-order valence-electron chi connectivity index (χ0n) is 9.11. The van der Waals surface area contributed by atoms with Crippen LogP contribution in [-0.4, -0.2) is 36.6 Å². The molecule has 0 radical (unpaired) electrons. The molecule has 0 aliphatic carbocycles. The number of nitrogens with one attached hydrogen (secondary N) is 1. The highest BCUT2D eigenvalue weighted by Crippen LogP contribution is 1.97. The molecule has 0 aliphatic heterocycles. The Labute approximate surface area is 91.5 Å². The molecule has 1 aromatic rings. The quantitative estimate of drug-likeness (QED) is 0.546. The zero-order chi connectivity index (χ0) is 10.9. The van der Waals surface area contributed by atoms with Gasteiger partial charge in [-0.05, 0) is 19.2 Å². The molecule has 3 heteroatoms. The van der Waals surface area contributed by atoms with E-state index in [2.05, 4.69) is 28.2 Å². The van der Waals surface area contributed by atoms with E-state index in [1.807, 2.05) is 24.4 Å². The largest absolute Gasteiger partial charge is 0.305 e. The molecule has 0 atom stereocenters. The summed E-state index contributed by atoms with van der Waals surface area (Å²) in [5, 5.41) is 3.15. The van der Waals surface area contributed by atoms with Crippen molar-refractivity contribution in [1.82, 2.24) is 15.2 Å². The lowest BCUT2D eigenvalue weighted by atomic mass is 10.3. The fraction of sp³-hybridized carbons (Fsp3) is 0.417.